The van der Waals surface area contributed by atoms with E-state index in [1.165, 1.54) is 11.1 Å². The standard InChI is InChI=1S/C16H21N3O.C14H13N3/c1-4-14-17-15(18-20-14)19-10-13(16(2,3)11-19)12-8-6-5-7-9-12;1-2-11-3-5-13(6-4-11)17-14-9-12(10-15)7-8-16-14/h5-9,13H,4,10-11H2,1-3H3;3-9H,2H2,1H3,(H,16,17). The third kappa shape index (κ3) is 6.53. The van der Waals surface area contributed by atoms with Crippen LogP contribution in [-0.2, 0) is 12.8 Å². The van der Waals surface area contributed by atoms with Gasteiger partial charge >= 0.3 is 0 Å². The van der Waals surface area contributed by atoms with Gasteiger partial charge in [0, 0.05) is 37.3 Å². The van der Waals surface area contributed by atoms with Crippen LogP contribution in [-0.4, -0.2) is 28.2 Å². The molecule has 1 unspecified atom stereocenters. The Balaban J connectivity index is 0.000000176. The molecule has 7 heteroatoms. The molecule has 2 aromatic carbocycles. The van der Waals surface area contributed by atoms with Crippen molar-refractivity contribution in [3.05, 3.63) is 95.5 Å². The van der Waals surface area contributed by atoms with Crippen molar-refractivity contribution in [3.63, 3.8) is 0 Å². The molecule has 0 radical (unpaired) electrons. The van der Waals surface area contributed by atoms with Gasteiger partial charge in [0.15, 0.2) is 0 Å². The summed E-state index contributed by atoms with van der Waals surface area (Å²) in [5.41, 5.74) is 4.47. The molecule has 1 aliphatic heterocycles. The molecule has 2 aromatic heterocycles. The van der Waals surface area contributed by atoms with Gasteiger partial charge in [-0.3, -0.25) is 0 Å². The van der Waals surface area contributed by atoms with E-state index in [1.54, 1.807) is 18.3 Å². The molecule has 1 aliphatic rings. The average molecular weight is 495 g/mol. The van der Waals surface area contributed by atoms with Crippen LogP contribution in [0.5, 0.6) is 0 Å². The van der Waals surface area contributed by atoms with Gasteiger partial charge in [0.05, 0.1) is 11.6 Å². The predicted octanol–water partition coefficient (Wildman–Crippen LogP) is 6.52. The van der Waals surface area contributed by atoms with Crippen LogP contribution in [0.2, 0.25) is 0 Å². The Morgan fingerprint density at radius 1 is 1.05 bits per heavy atom. The molecule has 7 nitrogen and oxygen atoms in total. The van der Waals surface area contributed by atoms with Crippen molar-refractivity contribution in [3.8, 4) is 6.07 Å². The Kier molecular flexibility index (Phi) is 8.19. The van der Waals surface area contributed by atoms with Crippen LogP contribution in [0.15, 0.2) is 77.4 Å². The maximum absolute atomic E-state index is 8.79. The summed E-state index contributed by atoms with van der Waals surface area (Å²) < 4.78 is 5.23. The Morgan fingerprint density at radius 2 is 1.81 bits per heavy atom. The lowest BCUT2D eigenvalue weighted by Gasteiger charge is -2.25. The lowest BCUT2D eigenvalue weighted by Crippen LogP contribution is -2.24. The molecule has 0 saturated carbocycles. The molecular formula is C30H34N6O. The minimum absolute atomic E-state index is 0.203. The molecule has 1 atom stereocenters. The fourth-order valence-electron chi connectivity index (χ4n) is 4.59. The first kappa shape index (κ1) is 25.9. The number of nitrogens with zero attached hydrogens (tertiary/aromatic N) is 5. The monoisotopic (exact) mass is 494 g/mol. The maximum Gasteiger partial charge on any atom is 0.266 e. The highest BCUT2D eigenvalue weighted by atomic mass is 16.5. The van der Waals surface area contributed by atoms with E-state index in [2.05, 4.69) is 94.6 Å². The number of hydrogen-bond acceptors (Lipinski definition) is 7. The van der Waals surface area contributed by atoms with Gasteiger partial charge in [0.25, 0.3) is 5.95 Å². The smallest absolute Gasteiger partial charge is 0.266 e. The van der Waals surface area contributed by atoms with Crippen molar-refractivity contribution in [2.24, 2.45) is 5.41 Å². The molecule has 1 N–H and O–H groups in total. The number of nitrogens with one attached hydrogen (secondary N) is 1. The van der Waals surface area contributed by atoms with E-state index in [4.69, 9.17) is 9.78 Å². The average Bonchev–Trinajstić information content (AvgIpc) is 3.54. The number of hydrogen-bond donors (Lipinski definition) is 1. The van der Waals surface area contributed by atoms with Gasteiger partial charge in [-0.05, 0) is 52.4 Å². The summed E-state index contributed by atoms with van der Waals surface area (Å²) in [5.74, 6) is 2.62. The van der Waals surface area contributed by atoms with Crippen molar-refractivity contribution in [2.45, 2.75) is 46.5 Å². The SMILES string of the molecule is CCc1ccc(Nc2cc(C#N)ccn2)cc1.CCc1nc(N2CC(c3ccccc3)C(C)(C)C2)no1. The van der Waals surface area contributed by atoms with Gasteiger partial charge in [0.1, 0.15) is 5.82 Å². The molecule has 1 saturated heterocycles. The Hall–Kier alpha value is -4.18. The fourth-order valence-corrected chi connectivity index (χ4v) is 4.59. The van der Waals surface area contributed by atoms with Gasteiger partial charge in [-0.25, -0.2) is 4.98 Å². The summed E-state index contributed by atoms with van der Waals surface area (Å²) in [7, 11) is 0. The van der Waals surface area contributed by atoms with Gasteiger partial charge in [0.2, 0.25) is 5.89 Å². The highest BCUT2D eigenvalue weighted by Crippen LogP contribution is 2.43. The summed E-state index contributed by atoms with van der Waals surface area (Å²) in [4.78, 5) is 10.9. The van der Waals surface area contributed by atoms with Crippen molar-refractivity contribution >= 4 is 17.5 Å². The lowest BCUT2D eigenvalue weighted by molar-refractivity contribution is 0.364. The second kappa shape index (κ2) is 11.7. The van der Waals surface area contributed by atoms with Crippen LogP contribution in [0.3, 0.4) is 0 Å². The van der Waals surface area contributed by atoms with E-state index >= 15 is 0 Å². The van der Waals surface area contributed by atoms with E-state index < -0.39 is 0 Å². The van der Waals surface area contributed by atoms with Crippen LogP contribution >= 0.6 is 0 Å². The third-order valence-corrected chi connectivity index (χ3v) is 6.71. The number of benzene rings is 2. The van der Waals surface area contributed by atoms with Gasteiger partial charge < -0.3 is 14.7 Å². The van der Waals surface area contributed by atoms with Crippen molar-refractivity contribution in [2.75, 3.05) is 23.3 Å². The molecule has 0 amide bonds. The van der Waals surface area contributed by atoms with E-state index in [0.717, 1.165) is 37.6 Å². The van der Waals surface area contributed by atoms with Gasteiger partial charge in [-0.15, -0.1) is 0 Å². The second-order valence-electron chi connectivity index (χ2n) is 9.89. The summed E-state index contributed by atoms with van der Waals surface area (Å²) >= 11 is 0. The van der Waals surface area contributed by atoms with Crippen LogP contribution in [0.4, 0.5) is 17.5 Å². The molecule has 0 bridgehead atoms. The second-order valence-corrected chi connectivity index (χ2v) is 9.89. The fraction of sp³-hybridized carbons (Fsp3) is 0.333. The molecule has 4 aromatic rings. The number of aryl methyl sites for hydroxylation is 2. The zero-order valence-corrected chi connectivity index (χ0v) is 22.0. The van der Waals surface area contributed by atoms with Crippen LogP contribution in [0, 0.1) is 16.7 Å². The van der Waals surface area contributed by atoms with Crippen LogP contribution in [0.25, 0.3) is 0 Å². The maximum atomic E-state index is 8.79. The number of pyridine rings is 1. The zero-order valence-electron chi connectivity index (χ0n) is 22.0. The molecule has 0 aliphatic carbocycles. The van der Waals surface area contributed by atoms with Crippen LogP contribution in [0.1, 0.15) is 56.2 Å². The van der Waals surface area contributed by atoms with Gasteiger partial charge in [-0.2, -0.15) is 10.2 Å². The minimum atomic E-state index is 0.203. The predicted molar refractivity (Wildman–Crippen MR) is 147 cm³/mol. The van der Waals surface area contributed by atoms with Crippen molar-refractivity contribution < 1.29 is 4.52 Å². The summed E-state index contributed by atoms with van der Waals surface area (Å²) in [6.07, 6.45) is 3.44. The highest BCUT2D eigenvalue weighted by Gasteiger charge is 2.41. The molecular weight excluding hydrogens is 460 g/mol. The number of anilines is 3. The first-order valence-electron chi connectivity index (χ1n) is 12.8. The van der Waals surface area contributed by atoms with E-state index in [0.29, 0.717) is 23.2 Å². The first-order chi connectivity index (χ1) is 17.9. The van der Waals surface area contributed by atoms with Crippen LogP contribution < -0.4 is 10.2 Å². The van der Waals surface area contributed by atoms with Crippen molar-refractivity contribution in [1.82, 2.24) is 15.1 Å². The molecule has 190 valence electrons. The van der Waals surface area contributed by atoms with E-state index in [-0.39, 0.29) is 5.41 Å². The molecule has 1 fully saturated rings. The lowest BCUT2D eigenvalue weighted by atomic mass is 9.78. The Morgan fingerprint density at radius 3 is 2.46 bits per heavy atom. The minimum Gasteiger partial charge on any atom is -0.340 e. The quantitative estimate of drug-likeness (QED) is 0.326. The zero-order chi connectivity index (χ0) is 26.3. The molecule has 37 heavy (non-hydrogen) atoms. The summed E-state index contributed by atoms with van der Waals surface area (Å²) in [6.45, 7) is 10.7. The molecule has 5 rings (SSSR count). The highest BCUT2D eigenvalue weighted by molar-refractivity contribution is 5.57. The molecule has 0 spiro atoms. The van der Waals surface area contributed by atoms with Gasteiger partial charge in [-0.1, -0.05) is 70.2 Å². The number of nitriles is 1. The third-order valence-electron chi connectivity index (χ3n) is 6.71. The normalized spacial score (nSPS) is 16.0. The first-order valence-corrected chi connectivity index (χ1v) is 12.8. The topological polar surface area (TPSA) is 90.9 Å². The molecule has 3 heterocycles. The summed E-state index contributed by atoms with van der Waals surface area (Å²) in [5, 5.41) is 16.1. The number of aromatic nitrogens is 3. The summed E-state index contributed by atoms with van der Waals surface area (Å²) in [6, 6.07) is 24.4. The Labute approximate surface area is 219 Å². The van der Waals surface area contributed by atoms with Crippen molar-refractivity contribution in [1.29, 1.82) is 5.26 Å². The van der Waals surface area contributed by atoms with E-state index in [9.17, 15) is 0 Å². The number of rotatable bonds is 6. The van der Waals surface area contributed by atoms with E-state index in [1.807, 2.05) is 19.1 Å². The Bertz CT molecular complexity index is 1320. The largest absolute Gasteiger partial charge is 0.340 e.